The number of hydrogen-bond donors (Lipinski definition) is 2. The first-order valence-electron chi connectivity index (χ1n) is 7.56. The van der Waals surface area contributed by atoms with Gasteiger partial charge in [-0.2, -0.15) is 0 Å². The largest absolute Gasteiger partial charge is 0.349 e. The van der Waals surface area contributed by atoms with Gasteiger partial charge >= 0.3 is 0 Å². The van der Waals surface area contributed by atoms with Gasteiger partial charge in [0.05, 0.1) is 0 Å². The van der Waals surface area contributed by atoms with Gasteiger partial charge in [-0.25, -0.2) is 4.39 Å². The summed E-state index contributed by atoms with van der Waals surface area (Å²) >= 11 is 0. The summed E-state index contributed by atoms with van der Waals surface area (Å²) in [5, 5.41) is 5.55. The molecule has 2 aromatic rings. The molecule has 0 unspecified atom stereocenters. The Kier molecular flexibility index (Phi) is 4.37. The zero-order chi connectivity index (χ0) is 16.2. The Labute approximate surface area is 133 Å². The van der Waals surface area contributed by atoms with Gasteiger partial charge in [0.2, 0.25) is 0 Å². The summed E-state index contributed by atoms with van der Waals surface area (Å²) in [6.07, 6.45) is 2.02. The van der Waals surface area contributed by atoms with Gasteiger partial charge in [-0.1, -0.05) is 24.3 Å². The van der Waals surface area contributed by atoms with Crippen LogP contribution in [0, 0.1) is 5.82 Å². The Balaban J connectivity index is 1.65. The SMILES string of the molecule is O=C(NCc1ccccc1F)c1cccc(C(=O)NC2CC2)c1. The van der Waals surface area contributed by atoms with Gasteiger partial charge in [-0.05, 0) is 37.1 Å². The van der Waals surface area contributed by atoms with Crippen molar-refractivity contribution in [2.45, 2.75) is 25.4 Å². The van der Waals surface area contributed by atoms with Crippen molar-refractivity contribution in [3.05, 3.63) is 71.0 Å². The normalized spacial score (nSPS) is 13.4. The Bertz CT molecular complexity index is 741. The molecule has 0 aromatic heterocycles. The molecule has 2 amide bonds. The van der Waals surface area contributed by atoms with Crippen LogP contribution in [0.2, 0.25) is 0 Å². The summed E-state index contributed by atoms with van der Waals surface area (Å²) in [4.78, 5) is 24.2. The maximum Gasteiger partial charge on any atom is 0.251 e. The van der Waals surface area contributed by atoms with Gasteiger partial charge in [0, 0.05) is 29.3 Å². The minimum absolute atomic E-state index is 0.101. The van der Waals surface area contributed by atoms with Crippen LogP contribution >= 0.6 is 0 Å². The summed E-state index contributed by atoms with van der Waals surface area (Å²) in [7, 11) is 0. The first kappa shape index (κ1) is 15.2. The molecule has 4 nitrogen and oxygen atoms in total. The predicted octanol–water partition coefficient (Wildman–Crippen LogP) is 2.65. The topological polar surface area (TPSA) is 58.2 Å². The van der Waals surface area contributed by atoms with Gasteiger partial charge in [0.25, 0.3) is 11.8 Å². The Morgan fingerprint density at radius 3 is 2.39 bits per heavy atom. The molecule has 0 aliphatic heterocycles. The molecule has 1 saturated carbocycles. The van der Waals surface area contributed by atoms with Gasteiger partial charge in [-0.15, -0.1) is 0 Å². The molecule has 2 aromatic carbocycles. The van der Waals surface area contributed by atoms with E-state index in [1.54, 1.807) is 42.5 Å². The van der Waals surface area contributed by atoms with Crippen molar-refractivity contribution in [2.75, 3.05) is 0 Å². The average molecular weight is 312 g/mol. The zero-order valence-corrected chi connectivity index (χ0v) is 12.5. The Hall–Kier alpha value is -2.69. The molecule has 0 saturated heterocycles. The molecule has 0 spiro atoms. The molecule has 1 aliphatic rings. The minimum atomic E-state index is -0.356. The fraction of sp³-hybridized carbons (Fsp3) is 0.222. The van der Waals surface area contributed by atoms with E-state index in [1.807, 2.05) is 0 Å². The molecule has 23 heavy (non-hydrogen) atoms. The summed E-state index contributed by atoms with van der Waals surface area (Å²) in [6, 6.07) is 13.1. The van der Waals surface area contributed by atoms with E-state index in [-0.39, 0.29) is 30.2 Å². The van der Waals surface area contributed by atoms with Crippen LogP contribution in [0.15, 0.2) is 48.5 Å². The molecular weight excluding hydrogens is 295 g/mol. The number of amides is 2. The second kappa shape index (κ2) is 6.60. The van der Waals surface area contributed by atoms with Gasteiger partial charge in [0.1, 0.15) is 5.82 Å². The lowest BCUT2D eigenvalue weighted by Crippen LogP contribution is -2.27. The summed E-state index contributed by atoms with van der Waals surface area (Å²) in [5.41, 5.74) is 1.25. The molecular formula is C18H17FN2O2. The maximum atomic E-state index is 13.5. The van der Waals surface area contributed by atoms with E-state index < -0.39 is 0 Å². The van der Waals surface area contributed by atoms with Crippen LogP contribution in [0.1, 0.15) is 39.1 Å². The number of carbonyl (C=O) groups excluding carboxylic acids is 2. The zero-order valence-electron chi connectivity index (χ0n) is 12.5. The van der Waals surface area contributed by atoms with Crippen molar-refractivity contribution < 1.29 is 14.0 Å². The highest BCUT2D eigenvalue weighted by Crippen LogP contribution is 2.19. The molecule has 0 atom stereocenters. The second-order valence-electron chi connectivity index (χ2n) is 5.60. The maximum absolute atomic E-state index is 13.5. The first-order chi connectivity index (χ1) is 11.1. The number of rotatable bonds is 5. The van der Waals surface area contributed by atoms with Crippen LogP contribution in [0.3, 0.4) is 0 Å². The molecule has 2 N–H and O–H groups in total. The number of nitrogens with one attached hydrogen (secondary N) is 2. The number of carbonyl (C=O) groups is 2. The molecule has 5 heteroatoms. The predicted molar refractivity (Wildman–Crippen MR) is 84.5 cm³/mol. The third-order valence-corrected chi connectivity index (χ3v) is 3.70. The average Bonchev–Trinajstić information content (AvgIpc) is 3.38. The van der Waals surface area contributed by atoms with Crippen molar-refractivity contribution in [3.63, 3.8) is 0 Å². The molecule has 3 rings (SSSR count). The van der Waals surface area contributed by atoms with Crippen LogP contribution in [-0.4, -0.2) is 17.9 Å². The second-order valence-corrected chi connectivity index (χ2v) is 5.60. The van der Waals surface area contributed by atoms with Gasteiger partial charge in [-0.3, -0.25) is 9.59 Å². The van der Waals surface area contributed by atoms with Crippen LogP contribution < -0.4 is 10.6 Å². The highest BCUT2D eigenvalue weighted by atomic mass is 19.1. The van der Waals surface area contributed by atoms with E-state index in [4.69, 9.17) is 0 Å². The molecule has 0 bridgehead atoms. The highest BCUT2D eigenvalue weighted by Gasteiger charge is 2.24. The summed E-state index contributed by atoms with van der Waals surface area (Å²) in [5.74, 6) is -0.865. The van der Waals surface area contributed by atoms with E-state index in [9.17, 15) is 14.0 Å². The Morgan fingerprint density at radius 2 is 1.70 bits per heavy atom. The lowest BCUT2D eigenvalue weighted by atomic mass is 10.1. The van der Waals surface area contributed by atoms with E-state index in [0.29, 0.717) is 16.7 Å². The third kappa shape index (κ3) is 3.94. The van der Waals surface area contributed by atoms with E-state index in [0.717, 1.165) is 12.8 Å². The summed E-state index contributed by atoms with van der Waals surface area (Å²) < 4.78 is 13.5. The van der Waals surface area contributed by atoms with E-state index >= 15 is 0 Å². The number of hydrogen-bond acceptors (Lipinski definition) is 2. The van der Waals surface area contributed by atoms with Crippen LogP contribution in [-0.2, 0) is 6.54 Å². The monoisotopic (exact) mass is 312 g/mol. The molecule has 118 valence electrons. The Morgan fingerprint density at radius 1 is 1.00 bits per heavy atom. The summed E-state index contributed by atoms with van der Waals surface area (Å²) in [6.45, 7) is 0.101. The van der Waals surface area contributed by atoms with Crippen LogP contribution in [0.5, 0.6) is 0 Å². The van der Waals surface area contributed by atoms with Gasteiger partial charge < -0.3 is 10.6 Å². The smallest absolute Gasteiger partial charge is 0.251 e. The fourth-order valence-corrected chi connectivity index (χ4v) is 2.22. The minimum Gasteiger partial charge on any atom is -0.349 e. The van der Waals surface area contributed by atoms with Gasteiger partial charge in [0.15, 0.2) is 0 Å². The quantitative estimate of drug-likeness (QED) is 0.892. The first-order valence-corrected chi connectivity index (χ1v) is 7.56. The fourth-order valence-electron chi connectivity index (χ4n) is 2.22. The molecule has 1 fully saturated rings. The number of benzene rings is 2. The third-order valence-electron chi connectivity index (χ3n) is 3.70. The molecule has 1 aliphatic carbocycles. The van der Waals surface area contributed by atoms with Crippen molar-refractivity contribution in [2.24, 2.45) is 0 Å². The van der Waals surface area contributed by atoms with Crippen LogP contribution in [0.25, 0.3) is 0 Å². The van der Waals surface area contributed by atoms with Crippen molar-refractivity contribution >= 4 is 11.8 Å². The number of halogens is 1. The van der Waals surface area contributed by atoms with Crippen molar-refractivity contribution in [1.29, 1.82) is 0 Å². The van der Waals surface area contributed by atoms with E-state index in [1.165, 1.54) is 6.07 Å². The molecule has 0 heterocycles. The van der Waals surface area contributed by atoms with Crippen molar-refractivity contribution in [1.82, 2.24) is 10.6 Å². The highest BCUT2D eigenvalue weighted by molar-refractivity contribution is 5.99. The standard InChI is InChI=1S/C18H17FN2O2/c19-16-7-2-1-4-14(16)11-20-17(22)12-5-3-6-13(10-12)18(23)21-15-8-9-15/h1-7,10,15H,8-9,11H2,(H,20,22)(H,21,23). The van der Waals surface area contributed by atoms with E-state index in [2.05, 4.69) is 10.6 Å². The lowest BCUT2D eigenvalue weighted by molar-refractivity contribution is 0.0950. The lowest BCUT2D eigenvalue weighted by Gasteiger charge is -2.08. The van der Waals surface area contributed by atoms with Crippen LogP contribution in [0.4, 0.5) is 4.39 Å². The molecule has 0 radical (unpaired) electrons. The van der Waals surface area contributed by atoms with Crippen molar-refractivity contribution in [3.8, 4) is 0 Å².